The van der Waals surface area contributed by atoms with E-state index in [-0.39, 0.29) is 11.7 Å². The number of hydrogen-bond donors (Lipinski definition) is 2. The fourth-order valence-corrected chi connectivity index (χ4v) is 5.14. The van der Waals surface area contributed by atoms with Crippen LogP contribution in [0, 0.1) is 6.92 Å². The number of nitrogens with one attached hydrogen (secondary N) is 2. The van der Waals surface area contributed by atoms with Gasteiger partial charge in [-0.05, 0) is 69.0 Å². The third-order valence-electron chi connectivity index (χ3n) is 3.19. The third kappa shape index (κ3) is 4.81. The fraction of sp³-hybridized carbons (Fsp3) is 0.267. The Morgan fingerprint density at radius 2 is 1.92 bits per heavy atom. The van der Waals surface area contributed by atoms with Crippen LogP contribution in [0.5, 0.6) is 0 Å². The minimum absolute atomic E-state index is 0.0558. The van der Waals surface area contributed by atoms with Crippen molar-refractivity contribution < 1.29 is 13.2 Å². The summed E-state index contributed by atoms with van der Waals surface area (Å²) in [5.74, 6) is -0.191. The van der Waals surface area contributed by atoms with Gasteiger partial charge in [-0.25, -0.2) is 8.42 Å². The maximum absolute atomic E-state index is 12.3. The van der Waals surface area contributed by atoms with Gasteiger partial charge in [-0.15, -0.1) is 11.3 Å². The molecule has 2 N–H and O–H groups in total. The van der Waals surface area contributed by atoms with E-state index in [1.807, 2.05) is 0 Å². The molecule has 0 atom stereocenters. The lowest BCUT2D eigenvalue weighted by molar-refractivity contribution is 0.103. The first-order valence-electron chi connectivity index (χ1n) is 7.09. The van der Waals surface area contributed by atoms with Crippen LogP contribution >= 0.6 is 43.2 Å². The summed E-state index contributed by atoms with van der Waals surface area (Å²) < 4.78 is 28.1. The summed E-state index contributed by atoms with van der Waals surface area (Å²) >= 11 is 8.02. The molecule has 0 unspecified atom stereocenters. The SMILES string of the molecule is CCCS(=O)(=O)Nc1cccc(NC(=O)c2cc(Br)c(Br)s2)c1C. The first kappa shape index (κ1) is 19.4. The first-order valence-corrected chi connectivity index (χ1v) is 11.1. The Balaban J connectivity index is 2.23. The molecular formula is C15H16Br2N2O3S2. The molecule has 5 nitrogen and oxygen atoms in total. The van der Waals surface area contributed by atoms with Gasteiger partial charge in [0.05, 0.1) is 20.1 Å². The van der Waals surface area contributed by atoms with Crippen molar-refractivity contribution in [3.05, 3.63) is 43.0 Å². The van der Waals surface area contributed by atoms with Crippen LogP contribution < -0.4 is 10.0 Å². The second-order valence-corrected chi connectivity index (χ2v) is 10.2. The van der Waals surface area contributed by atoms with Crippen molar-refractivity contribution in [3.8, 4) is 0 Å². The highest BCUT2D eigenvalue weighted by molar-refractivity contribution is 9.13. The number of sulfonamides is 1. The predicted molar refractivity (Wildman–Crippen MR) is 107 cm³/mol. The van der Waals surface area contributed by atoms with Gasteiger partial charge in [0, 0.05) is 10.2 Å². The zero-order valence-electron chi connectivity index (χ0n) is 13.0. The molecule has 0 bridgehead atoms. The van der Waals surface area contributed by atoms with E-state index >= 15 is 0 Å². The Labute approximate surface area is 162 Å². The van der Waals surface area contributed by atoms with Crippen LogP contribution in [0.25, 0.3) is 0 Å². The van der Waals surface area contributed by atoms with E-state index in [2.05, 4.69) is 41.9 Å². The minimum atomic E-state index is -3.38. The standard InChI is InChI=1S/C15H16Br2N2O3S2/c1-3-7-24(21,22)19-12-6-4-5-11(9(12)2)18-15(20)13-8-10(16)14(17)23-13/h4-6,8,19H,3,7H2,1-2H3,(H,18,20). The van der Waals surface area contributed by atoms with Gasteiger partial charge < -0.3 is 5.32 Å². The number of rotatable bonds is 6. The van der Waals surface area contributed by atoms with Gasteiger partial charge in [-0.3, -0.25) is 9.52 Å². The molecule has 9 heteroatoms. The second kappa shape index (κ2) is 7.99. The van der Waals surface area contributed by atoms with Crippen molar-refractivity contribution in [2.24, 2.45) is 0 Å². The van der Waals surface area contributed by atoms with Crippen LogP contribution in [0.15, 0.2) is 32.5 Å². The van der Waals surface area contributed by atoms with E-state index in [1.165, 1.54) is 11.3 Å². The molecule has 0 aliphatic heterocycles. The highest BCUT2D eigenvalue weighted by atomic mass is 79.9. The van der Waals surface area contributed by atoms with Crippen molar-refractivity contribution in [1.29, 1.82) is 0 Å². The summed E-state index contributed by atoms with van der Waals surface area (Å²) in [7, 11) is -3.38. The Morgan fingerprint density at radius 3 is 2.50 bits per heavy atom. The molecule has 24 heavy (non-hydrogen) atoms. The molecule has 2 aromatic rings. The average molecular weight is 496 g/mol. The van der Waals surface area contributed by atoms with E-state index in [1.54, 1.807) is 38.1 Å². The van der Waals surface area contributed by atoms with Crippen LogP contribution in [-0.2, 0) is 10.0 Å². The number of benzene rings is 1. The number of carbonyl (C=O) groups is 1. The maximum atomic E-state index is 12.3. The molecule has 0 saturated carbocycles. The molecule has 0 aliphatic carbocycles. The maximum Gasteiger partial charge on any atom is 0.265 e. The lowest BCUT2D eigenvalue weighted by Gasteiger charge is -2.14. The van der Waals surface area contributed by atoms with Crippen LogP contribution in [0.2, 0.25) is 0 Å². The van der Waals surface area contributed by atoms with E-state index in [0.29, 0.717) is 28.2 Å². The molecule has 0 fully saturated rings. The molecule has 130 valence electrons. The Hall–Kier alpha value is -0.900. The van der Waals surface area contributed by atoms with Gasteiger partial charge in [0.25, 0.3) is 5.91 Å². The Bertz CT molecular complexity index is 844. The predicted octanol–water partition coefficient (Wildman–Crippen LogP) is 4.99. The quantitative estimate of drug-likeness (QED) is 0.592. The Kier molecular flexibility index (Phi) is 6.46. The van der Waals surface area contributed by atoms with E-state index in [9.17, 15) is 13.2 Å². The summed E-state index contributed by atoms with van der Waals surface area (Å²) in [6.45, 7) is 3.57. The topological polar surface area (TPSA) is 75.3 Å². The number of hydrogen-bond acceptors (Lipinski definition) is 4. The van der Waals surface area contributed by atoms with E-state index < -0.39 is 10.0 Å². The lowest BCUT2D eigenvalue weighted by atomic mass is 10.1. The summed E-state index contributed by atoms with van der Waals surface area (Å²) in [5.41, 5.74) is 1.70. The first-order chi connectivity index (χ1) is 11.2. The van der Waals surface area contributed by atoms with Gasteiger partial charge in [-0.1, -0.05) is 13.0 Å². The summed E-state index contributed by atoms with van der Waals surface area (Å²) in [4.78, 5) is 12.9. The van der Waals surface area contributed by atoms with Crippen molar-refractivity contribution in [2.75, 3.05) is 15.8 Å². The highest BCUT2D eigenvalue weighted by Crippen LogP contribution is 2.33. The lowest BCUT2D eigenvalue weighted by Crippen LogP contribution is -2.17. The molecule has 0 spiro atoms. The Morgan fingerprint density at radius 1 is 1.25 bits per heavy atom. The molecule has 0 radical (unpaired) electrons. The zero-order chi connectivity index (χ0) is 17.9. The molecule has 2 rings (SSSR count). The van der Waals surface area contributed by atoms with Gasteiger partial charge in [0.2, 0.25) is 10.0 Å². The molecule has 1 amide bonds. The molecule has 1 aromatic carbocycles. The largest absolute Gasteiger partial charge is 0.321 e. The molecule has 0 aliphatic rings. The van der Waals surface area contributed by atoms with Gasteiger partial charge in [0.1, 0.15) is 0 Å². The second-order valence-electron chi connectivity index (χ2n) is 5.09. The number of thiophene rings is 1. The molecule has 1 aromatic heterocycles. The van der Waals surface area contributed by atoms with Crippen molar-refractivity contribution in [1.82, 2.24) is 0 Å². The smallest absolute Gasteiger partial charge is 0.265 e. The number of halogens is 2. The summed E-state index contributed by atoms with van der Waals surface area (Å²) in [5, 5.41) is 2.82. The summed E-state index contributed by atoms with van der Waals surface area (Å²) in [6, 6.07) is 6.85. The fourth-order valence-electron chi connectivity index (χ4n) is 2.01. The van der Waals surface area contributed by atoms with Gasteiger partial charge >= 0.3 is 0 Å². The molecule has 1 heterocycles. The van der Waals surface area contributed by atoms with Crippen LogP contribution in [0.1, 0.15) is 28.6 Å². The number of anilines is 2. The molecule has 0 saturated heterocycles. The van der Waals surface area contributed by atoms with Crippen molar-refractivity contribution in [3.63, 3.8) is 0 Å². The normalized spacial score (nSPS) is 11.3. The van der Waals surface area contributed by atoms with Crippen molar-refractivity contribution in [2.45, 2.75) is 20.3 Å². The number of amides is 1. The average Bonchev–Trinajstić information content (AvgIpc) is 2.83. The van der Waals surface area contributed by atoms with Crippen LogP contribution in [-0.4, -0.2) is 20.1 Å². The van der Waals surface area contributed by atoms with E-state index in [4.69, 9.17) is 0 Å². The van der Waals surface area contributed by atoms with Crippen LogP contribution in [0.3, 0.4) is 0 Å². The van der Waals surface area contributed by atoms with E-state index in [0.717, 1.165) is 8.26 Å². The minimum Gasteiger partial charge on any atom is -0.321 e. The van der Waals surface area contributed by atoms with Gasteiger partial charge in [-0.2, -0.15) is 0 Å². The van der Waals surface area contributed by atoms with Gasteiger partial charge in [0.15, 0.2) is 0 Å². The molecular weight excluding hydrogens is 480 g/mol. The highest BCUT2D eigenvalue weighted by Gasteiger charge is 2.16. The van der Waals surface area contributed by atoms with Crippen LogP contribution in [0.4, 0.5) is 11.4 Å². The van der Waals surface area contributed by atoms with Crippen molar-refractivity contribution >= 4 is 70.5 Å². The zero-order valence-corrected chi connectivity index (χ0v) is 17.8. The third-order valence-corrected chi connectivity index (χ3v) is 7.92. The monoisotopic (exact) mass is 494 g/mol. The number of carbonyl (C=O) groups excluding carboxylic acids is 1. The summed E-state index contributed by atoms with van der Waals surface area (Å²) in [6.07, 6.45) is 0.535.